The van der Waals surface area contributed by atoms with Crippen molar-refractivity contribution >= 4 is 11.7 Å². The fourth-order valence-electron chi connectivity index (χ4n) is 1.74. The third-order valence-electron chi connectivity index (χ3n) is 2.43. The molecule has 0 unspecified atom stereocenters. The van der Waals surface area contributed by atoms with Gasteiger partial charge in [-0.3, -0.25) is 0 Å². The molecule has 1 rings (SSSR count). The second kappa shape index (κ2) is 6.09. The van der Waals surface area contributed by atoms with Crippen molar-refractivity contribution in [1.29, 1.82) is 0 Å². The fourth-order valence-corrected chi connectivity index (χ4v) is 1.74. The third kappa shape index (κ3) is 3.34. The molecular weight excluding hydrogens is 214 g/mol. The number of hydrogen-bond acceptors (Lipinski definition) is 3. The Kier molecular flexibility index (Phi) is 4.76. The van der Waals surface area contributed by atoms with Gasteiger partial charge in [0.25, 0.3) is 0 Å². The van der Waals surface area contributed by atoms with Crippen LogP contribution in [-0.4, -0.2) is 31.6 Å². The van der Waals surface area contributed by atoms with Crippen molar-refractivity contribution < 1.29 is 9.53 Å². The minimum Gasteiger partial charge on any atom is -0.463 e. The Morgan fingerprint density at radius 1 is 1.24 bits per heavy atom. The summed E-state index contributed by atoms with van der Waals surface area (Å²) in [6.45, 7) is 4.00. The van der Waals surface area contributed by atoms with Gasteiger partial charge in [-0.15, -0.1) is 0 Å². The zero-order valence-electron chi connectivity index (χ0n) is 10.9. The average molecular weight is 233 g/mol. The van der Waals surface area contributed by atoms with Crippen LogP contribution in [0.2, 0.25) is 0 Å². The van der Waals surface area contributed by atoms with Crippen LogP contribution in [0.3, 0.4) is 0 Å². The number of rotatable bonds is 4. The highest BCUT2D eigenvalue weighted by Gasteiger charge is 2.14. The minimum absolute atomic E-state index is 0.264. The summed E-state index contributed by atoms with van der Waals surface area (Å²) in [4.78, 5) is 13.7. The monoisotopic (exact) mass is 233 g/mol. The first-order valence-electron chi connectivity index (χ1n) is 5.68. The summed E-state index contributed by atoms with van der Waals surface area (Å²) in [5.41, 5.74) is 2.54. The average Bonchev–Trinajstić information content (AvgIpc) is 2.30. The van der Waals surface area contributed by atoms with Gasteiger partial charge in [-0.1, -0.05) is 30.3 Å². The molecule has 1 aromatic rings. The van der Waals surface area contributed by atoms with Gasteiger partial charge in [0.1, 0.15) is 0 Å². The van der Waals surface area contributed by atoms with Crippen LogP contribution in [0, 0.1) is 0 Å². The lowest BCUT2D eigenvalue weighted by Crippen LogP contribution is -2.16. The predicted molar refractivity (Wildman–Crippen MR) is 69.4 cm³/mol. The quantitative estimate of drug-likeness (QED) is 0.591. The van der Waals surface area contributed by atoms with Crippen molar-refractivity contribution in [2.45, 2.75) is 13.8 Å². The van der Waals surface area contributed by atoms with E-state index >= 15 is 0 Å². The van der Waals surface area contributed by atoms with Crippen molar-refractivity contribution in [1.82, 2.24) is 4.90 Å². The van der Waals surface area contributed by atoms with Crippen molar-refractivity contribution in [2.24, 2.45) is 0 Å². The molecule has 0 N–H and O–H groups in total. The molecular formula is C14H19NO2. The van der Waals surface area contributed by atoms with E-state index in [1.165, 1.54) is 0 Å². The molecule has 0 heterocycles. The van der Waals surface area contributed by atoms with Gasteiger partial charge in [0.15, 0.2) is 0 Å². The molecule has 92 valence electrons. The van der Waals surface area contributed by atoms with E-state index in [0.717, 1.165) is 11.3 Å². The lowest BCUT2D eigenvalue weighted by Gasteiger charge is -2.20. The van der Waals surface area contributed by atoms with Gasteiger partial charge in [-0.25, -0.2) is 4.79 Å². The minimum atomic E-state index is -0.264. The SMILES string of the molecule is CCOC(=O)C(C)=C(c1ccccc1)N(C)C. The van der Waals surface area contributed by atoms with Crippen molar-refractivity contribution in [3.05, 3.63) is 41.5 Å². The molecule has 0 amide bonds. The smallest absolute Gasteiger partial charge is 0.335 e. The molecule has 0 radical (unpaired) electrons. The molecule has 17 heavy (non-hydrogen) atoms. The molecule has 1 aromatic carbocycles. The van der Waals surface area contributed by atoms with Gasteiger partial charge >= 0.3 is 5.97 Å². The van der Waals surface area contributed by atoms with Gasteiger partial charge in [0, 0.05) is 14.1 Å². The molecule has 0 spiro atoms. The third-order valence-corrected chi connectivity index (χ3v) is 2.43. The molecule has 3 nitrogen and oxygen atoms in total. The molecule has 0 aliphatic heterocycles. The highest BCUT2D eigenvalue weighted by Crippen LogP contribution is 2.21. The molecule has 0 fully saturated rings. The number of carbonyl (C=O) groups is 1. The second-order valence-corrected chi connectivity index (χ2v) is 3.95. The summed E-state index contributed by atoms with van der Waals surface area (Å²) < 4.78 is 5.03. The number of benzene rings is 1. The summed E-state index contributed by atoms with van der Waals surface area (Å²) in [5.74, 6) is -0.264. The Morgan fingerprint density at radius 3 is 2.29 bits per heavy atom. The maximum absolute atomic E-state index is 11.8. The first kappa shape index (κ1) is 13.3. The Hall–Kier alpha value is -1.77. The van der Waals surface area contributed by atoms with Crippen LogP contribution in [0.15, 0.2) is 35.9 Å². The van der Waals surface area contributed by atoms with Gasteiger partial charge < -0.3 is 9.64 Å². The molecule has 0 aromatic heterocycles. The maximum Gasteiger partial charge on any atom is 0.335 e. The van der Waals surface area contributed by atoms with E-state index in [1.807, 2.05) is 56.3 Å². The summed E-state index contributed by atoms with van der Waals surface area (Å²) in [6, 6.07) is 9.83. The first-order valence-corrected chi connectivity index (χ1v) is 5.68. The lowest BCUT2D eigenvalue weighted by atomic mass is 10.1. The second-order valence-electron chi connectivity index (χ2n) is 3.95. The molecule has 0 aliphatic rings. The van der Waals surface area contributed by atoms with Crippen LogP contribution < -0.4 is 0 Å². The highest BCUT2D eigenvalue weighted by atomic mass is 16.5. The molecule has 0 saturated heterocycles. The Morgan fingerprint density at radius 2 is 1.82 bits per heavy atom. The van der Waals surface area contributed by atoms with Gasteiger partial charge in [0.2, 0.25) is 0 Å². The van der Waals surface area contributed by atoms with E-state index in [0.29, 0.717) is 12.2 Å². The van der Waals surface area contributed by atoms with E-state index < -0.39 is 0 Å². The molecule has 0 bridgehead atoms. The van der Waals surface area contributed by atoms with E-state index in [1.54, 1.807) is 6.92 Å². The van der Waals surface area contributed by atoms with E-state index in [4.69, 9.17) is 4.74 Å². The van der Waals surface area contributed by atoms with Crippen LogP contribution in [0.4, 0.5) is 0 Å². The normalized spacial score (nSPS) is 11.8. The first-order chi connectivity index (χ1) is 8.07. The fraction of sp³-hybridized carbons (Fsp3) is 0.357. The van der Waals surface area contributed by atoms with Gasteiger partial charge in [-0.05, 0) is 19.4 Å². The number of carbonyl (C=O) groups excluding carboxylic acids is 1. The standard InChI is InChI=1S/C14H19NO2/c1-5-17-14(16)11(2)13(15(3)4)12-9-7-6-8-10-12/h6-10H,5H2,1-4H3. The summed E-state index contributed by atoms with van der Waals surface area (Å²) in [6.07, 6.45) is 0. The number of ether oxygens (including phenoxy) is 1. The summed E-state index contributed by atoms with van der Waals surface area (Å²) in [5, 5.41) is 0. The van der Waals surface area contributed by atoms with Crippen LogP contribution in [0.1, 0.15) is 19.4 Å². The molecule has 3 heteroatoms. The Labute approximate surface area is 103 Å². The number of hydrogen-bond donors (Lipinski definition) is 0. The van der Waals surface area contributed by atoms with Gasteiger partial charge in [-0.2, -0.15) is 0 Å². The topological polar surface area (TPSA) is 29.5 Å². The predicted octanol–water partition coefficient (Wildman–Crippen LogP) is 2.54. The van der Waals surface area contributed by atoms with E-state index in [9.17, 15) is 4.79 Å². The maximum atomic E-state index is 11.8. The Bertz CT molecular complexity index is 407. The summed E-state index contributed by atoms with van der Waals surface area (Å²) >= 11 is 0. The summed E-state index contributed by atoms with van der Waals surface area (Å²) in [7, 11) is 3.84. The van der Waals surface area contributed by atoms with E-state index in [2.05, 4.69) is 0 Å². The number of esters is 1. The molecule has 0 aliphatic carbocycles. The van der Waals surface area contributed by atoms with Crippen LogP contribution >= 0.6 is 0 Å². The van der Waals surface area contributed by atoms with Crippen molar-refractivity contribution in [3.63, 3.8) is 0 Å². The largest absolute Gasteiger partial charge is 0.463 e. The van der Waals surface area contributed by atoms with Crippen LogP contribution in [0.5, 0.6) is 0 Å². The van der Waals surface area contributed by atoms with Crippen LogP contribution in [0.25, 0.3) is 5.70 Å². The van der Waals surface area contributed by atoms with Gasteiger partial charge in [0.05, 0.1) is 17.9 Å². The Balaban J connectivity index is 3.17. The lowest BCUT2D eigenvalue weighted by molar-refractivity contribution is -0.138. The number of nitrogens with zero attached hydrogens (tertiary/aromatic N) is 1. The molecule has 0 atom stereocenters. The zero-order chi connectivity index (χ0) is 12.8. The zero-order valence-corrected chi connectivity index (χ0v) is 10.9. The van der Waals surface area contributed by atoms with E-state index in [-0.39, 0.29) is 5.97 Å². The van der Waals surface area contributed by atoms with Crippen molar-refractivity contribution in [2.75, 3.05) is 20.7 Å². The molecule has 0 saturated carbocycles. The van der Waals surface area contributed by atoms with Crippen molar-refractivity contribution in [3.8, 4) is 0 Å². The highest BCUT2D eigenvalue weighted by molar-refractivity contribution is 5.96. The van der Waals surface area contributed by atoms with Crippen LogP contribution in [-0.2, 0) is 9.53 Å².